The van der Waals surface area contributed by atoms with Gasteiger partial charge in [0.15, 0.2) is 6.61 Å². The quantitative estimate of drug-likeness (QED) is 0.721. The van der Waals surface area contributed by atoms with E-state index in [-0.39, 0.29) is 24.5 Å². The normalized spacial score (nSPS) is 19.3. The highest BCUT2D eigenvalue weighted by Gasteiger charge is 2.35. The smallest absolute Gasteiger partial charge is 0.217 e. The fourth-order valence-electron chi connectivity index (χ4n) is 4.18. The number of halogens is 2. The lowest BCUT2D eigenvalue weighted by molar-refractivity contribution is -0.119. The largest absolute Gasteiger partial charge is 0.478 e. The predicted octanol–water partition coefficient (Wildman–Crippen LogP) is 2.10. The summed E-state index contributed by atoms with van der Waals surface area (Å²) in [6.07, 6.45) is 0.714. The third-order valence-electron chi connectivity index (χ3n) is 5.11. The van der Waals surface area contributed by atoms with Crippen LogP contribution in [0.1, 0.15) is 24.1 Å². The van der Waals surface area contributed by atoms with Crippen molar-refractivity contribution in [1.29, 1.82) is 5.26 Å². The van der Waals surface area contributed by atoms with Crippen LogP contribution in [0.3, 0.4) is 0 Å². The van der Waals surface area contributed by atoms with Crippen molar-refractivity contribution in [3.8, 4) is 11.8 Å². The van der Waals surface area contributed by atoms with E-state index in [9.17, 15) is 4.79 Å². The molecule has 0 saturated carbocycles. The van der Waals surface area contributed by atoms with E-state index < -0.39 is 0 Å². The molecule has 1 aromatic heterocycles. The summed E-state index contributed by atoms with van der Waals surface area (Å²) in [5.41, 5.74) is 9.41. The standard InChI is InChI=1S/C18H19Cl2N5O2/c1-9(26)24-11-4-13-15(10-6-22-23-7-10)16-14(27-3-2-21)5-12(19)17(20)18(16)25(13)8-11/h5,10-11,22-23H,3-4,6-8H2,1H3,(H,24,26)/t11-/m0/s1. The van der Waals surface area contributed by atoms with Crippen molar-refractivity contribution in [2.45, 2.75) is 31.8 Å². The third-order valence-corrected chi connectivity index (χ3v) is 5.88. The molecule has 2 aromatic rings. The van der Waals surface area contributed by atoms with Gasteiger partial charge in [0, 0.05) is 56.0 Å². The highest BCUT2D eigenvalue weighted by molar-refractivity contribution is 6.45. The first-order valence-electron chi connectivity index (χ1n) is 8.76. The molecule has 9 heteroatoms. The summed E-state index contributed by atoms with van der Waals surface area (Å²) in [4.78, 5) is 11.5. The maximum atomic E-state index is 11.5. The minimum atomic E-state index is -0.0668. The fourth-order valence-corrected chi connectivity index (χ4v) is 4.62. The van der Waals surface area contributed by atoms with Crippen LogP contribution >= 0.6 is 23.2 Å². The predicted molar refractivity (Wildman–Crippen MR) is 103 cm³/mol. The van der Waals surface area contributed by atoms with Gasteiger partial charge in [-0.3, -0.25) is 15.6 Å². The van der Waals surface area contributed by atoms with Crippen LogP contribution < -0.4 is 20.9 Å². The Hall–Kier alpha value is -1.98. The zero-order valence-corrected chi connectivity index (χ0v) is 16.2. The van der Waals surface area contributed by atoms with Gasteiger partial charge in [0.1, 0.15) is 11.8 Å². The molecule has 3 N–H and O–H groups in total. The molecule has 3 heterocycles. The molecule has 1 saturated heterocycles. The molecule has 2 aliphatic heterocycles. The number of nitrogens with one attached hydrogen (secondary N) is 3. The van der Waals surface area contributed by atoms with Gasteiger partial charge < -0.3 is 14.6 Å². The van der Waals surface area contributed by atoms with Gasteiger partial charge in [-0.1, -0.05) is 23.2 Å². The Labute approximate surface area is 166 Å². The molecule has 0 unspecified atom stereocenters. The van der Waals surface area contributed by atoms with E-state index in [0.29, 0.717) is 28.8 Å². The number of hydrogen-bond donors (Lipinski definition) is 3. The van der Waals surface area contributed by atoms with E-state index in [1.54, 1.807) is 6.07 Å². The highest BCUT2D eigenvalue weighted by atomic mass is 35.5. The van der Waals surface area contributed by atoms with E-state index in [2.05, 4.69) is 20.7 Å². The maximum Gasteiger partial charge on any atom is 0.217 e. The Bertz CT molecular complexity index is 959. The van der Waals surface area contributed by atoms with E-state index in [0.717, 1.165) is 35.2 Å². The molecule has 0 radical (unpaired) electrons. The average Bonchev–Trinajstić information content (AvgIpc) is 3.31. The second-order valence-corrected chi connectivity index (χ2v) is 7.66. The summed E-state index contributed by atoms with van der Waals surface area (Å²) in [5.74, 6) is 0.741. The summed E-state index contributed by atoms with van der Waals surface area (Å²) in [7, 11) is 0. The topological polar surface area (TPSA) is 91.1 Å². The molecule has 2 aliphatic rings. The van der Waals surface area contributed by atoms with Gasteiger partial charge in [0.25, 0.3) is 0 Å². The SMILES string of the molecule is CC(=O)N[C@H]1Cc2c(C3CNNC3)c3c(OCC#N)cc(Cl)c(Cl)c3n2C1. The van der Waals surface area contributed by atoms with Gasteiger partial charge in [0.2, 0.25) is 5.91 Å². The fraction of sp³-hybridized carbons (Fsp3) is 0.444. The molecular weight excluding hydrogens is 389 g/mol. The summed E-state index contributed by atoms with van der Waals surface area (Å²) in [6.45, 7) is 3.62. The molecular formula is C18H19Cl2N5O2. The van der Waals surface area contributed by atoms with Gasteiger partial charge in [-0.2, -0.15) is 5.26 Å². The third kappa shape index (κ3) is 3.13. The molecule has 0 aliphatic carbocycles. The van der Waals surface area contributed by atoms with Crippen molar-refractivity contribution in [2.75, 3.05) is 19.7 Å². The lowest BCUT2D eigenvalue weighted by Gasteiger charge is -2.15. The first-order chi connectivity index (χ1) is 13.0. The van der Waals surface area contributed by atoms with Crippen LogP contribution in [0.15, 0.2) is 6.07 Å². The first kappa shape index (κ1) is 18.4. The molecule has 27 heavy (non-hydrogen) atoms. The Kier molecular flexibility index (Phi) is 4.91. The van der Waals surface area contributed by atoms with Gasteiger partial charge >= 0.3 is 0 Å². The number of nitriles is 1. The van der Waals surface area contributed by atoms with Crippen molar-refractivity contribution in [2.24, 2.45) is 0 Å². The molecule has 1 atom stereocenters. The van der Waals surface area contributed by atoms with Crippen molar-refractivity contribution in [3.63, 3.8) is 0 Å². The minimum absolute atomic E-state index is 0.0153. The van der Waals surface area contributed by atoms with Crippen LogP contribution in [-0.2, 0) is 17.8 Å². The number of hydrogen-bond acceptors (Lipinski definition) is 5. The van der Waals surface area contributed by atoms with Crippen LogP contribution in [0.5, 0.6) is 5.75 Å². The minimum Gasteiger partial charge on any atom is -0.478 e. The monoisotopic (exact) mass is 407 g/mol. The number of benzene rings is 1. The van der Waals surface area contributed by atoms with Crippen LogP contribution in [-0.4, -0.2) is 36.2 Å². The van der Waals surface area contributed by atoms with Gasteiger partial charge in [-0.25, -0.2) is 0 Å². The van der Waals surface area contributed by atoms with Gasteiger partial charge in [0.05, 0.1) is 21.6 Å². The van der Waals surface area contributed by atoms with E-state index >= 15 is 0 Å². The molecule has 1 amide bonds. The summed E-state index contributed by atoms with van der Waals surface area (Å²) in [5, 5.41) is 13.7. The number of aromatic nitrogens is 1. The van der Waals surface area contributed by atoms with Crippen LogP contribution in [0, 0.1) is 11.3 Å². The number of ether oxygens (including phenoxy) is 1. The highest BCUT2D eigenvalue weighted by Crippen LogP contribution is 2.46. The second-order valence-electron chi connectivity index (χ2n) is 6.87. The van der Waals surface area contributed by atoms with Crippen LogP contribution in [0.25, 0.3) is 10.9 Å². The van der Waals surface area contributed by atoms with E-state index in [4.69, 9.17) is 33.2 Å². The Morgan fingerprint density at radius 1 is 1.44 bits per heavy atom. The number of carbonyl (C=O) groups is 1. The molecule has 142 valence electrons. The Morgan fingerprint density at radius 2 is 2.19 bits per heavy atom. The summed E-state index contributed by atoms with van der Waals surface area (Å²) >= 11 is 13.0. The van der Waals surface area contributed by atoms with Crippen molar-refractivity contribution in [3.05, 3.63) is 27.4 Å². The molecule has 1 fully saturated rings. The molecule has 1 aromatic carbocycles. The Morgan fingerprint density at radius 3 is 2.85 bits per heavy atom. The summed E-state index contributed by atoms with van der Waals surface area (Å²) < 4.78 is 7.84. The van der Waals surface area contributed by atoms with Crippen molar-refractivity contribution < 1.29 is 9.53 Å². The van der Waals surface area contributed by atoms with Crippen molar-refractivity contribution >= 4 is 40.0 Å². The van der Waals surface area contributed by atoms with Crippen molar-refractivity contribution in [1.82, 2.24) is 20.7 Å². The summed E-state index contributed by atoms with van der Waals surface area (Å²) in [6, 6.07) is 3.70. The van der Waals surface area contributed by atoms with E-state index in [1.165, 1.54) is 6.92 Å². The zero-order chi connectivity index (χ0) is 19.1. The molecule has 0 bridgehead atoms. The van der Waals surface area contributed by atoms with Crippen LogP contribution in [0.2, 0.25) is 10.0 Å². The number of amides is 1. The number of fused-ring (bicyclic) bond motifs is 3. The lowest BCUT2D eigenvalue weighted by Crippen LogP contribution is -2.34. The second kappa shape index (κ2) is 7.21. The number of rotatable bonds is 4. The van der Waals surface area contributed by atoms with Gasteiger partial charge in [-0.05, 0) is 5.56 Å². The number of carbonyl (C=O) groups excluding carboxylic acids is 1. The molecule has 4 rings (SSSR count). The lowest BCUT2D eigenvalue weighted by atomic mass is 9.94. The van der Waals surface area contributed by atoms with Gasteiger partial charge in [-0.15, -0.1) is 0 Å². The molecule has 0 spiro atoms. The maximum absolute atomic E-state index is 11.5. The van der Waals surface area contributed by atoms with E-state index in [1.807, 2.05) is 6.07 Å². The first-order valence-corrected chi connectivity index (χ1v) is 9.52. The van der Waals surface area contributed by atoms with Crippen LogP contribution in [0.4, 0.5) is 0 Å². The number of nitrogens with zero attached hydrogens (tertiary/aromatic N) is 2. The zero-order valence-electron chi connectivity index (χ0n) is 14.7. The average molecular weight is 408 g/mol. The molecule has 7 nitrogen and oxygen atoms in total. The number of hydrazine groups is 1. The Balaban J connectivity index is 1.93.